The van der Waals surface area contributed by atoms with Crippen LogP contribution in [0, 0.1) is 0 Å². The molecule has 0 aliphatic carbocycles. The molecule has 0 saturated heterocycles. The number of amides is 1. The van der Waals surface area contributed by atoms with Crippen molar-refractivity contribution in [1.29, 1.82) is 0 Å². The number of rotatable bonds is 10. The molecule has 0 heterocycles. The largest absolute Gasteiger partial charge is 0.464 e. The fraction of sp³-hybridized carbons (Fsp3) is 0.231. The number of ether oxygens (including phenoxy) is 3. The molecule has 3 aromatic rings. The van der Waals surface area contributed by atoms with E-state index in [2.05, 4.69) is 0 Å². The topological polar surface area (TPSA) is 73.9 Å². The molecule has 0 fully saturated rings. The molecule has 0 radical (unpaired) electrons. The van der Waals surface area contributed by atoms with Crippen molar-refractivity contribution in [2.24, 2.45) is 0 Å². The molecule has 0 aromatic heterocycles. The van der Waals surface area contributed by atoms with Crippen LogP contribution in [0.15, 0.2) is 89.8 Å². The van der Waals surface area contributed by atoms with Gasteiger partial charge in [0.1, 0.15) is 18.1 Å². The Morgan fingerprint density at radius 3 is 2.00 bits per heavy atom. The van der Waals surface area contributed by atoms with Crippen LogP contribution in [0.3, 0.4) is 0 Å². The maximum absolute atomic E-state index is 14.3. The molecular formula is C26H24F3NO5S. The first-order chi connectivity index (χ1) is 17.2. The van der Waals surface area contributed by atoms with Gasteiger partial charge in [-0.25, -0.2) is 9.59 Å². The third-order valence-corrected chi connectivity index (χ3v) is 6.08. The van der Waals surface area contributed by atoms with E-state index in [1.54, 1.807) is 72.0 Å². The maximum atomic E-state index is 14.3. The van der Waals surface area contributed by atoms with Gasteiger partial charge in [-0.15, -0.1) is 11.8 Å². The number of carbonyl (C=O) groups excluding carboxylic acids is 2. The van der Waals surface area contributed by atoms with E-state index >= 15 is 0 Å². The van der Waals surface area contributed by atoms with Crippen LogP contribution >= 0.6 is 11.8 Å². The molecule has 10 heteroatoms. The summed E-state index contributed by atoms with van der Waals surface area (Å²) >= 11 is 0.733. The van der Waals surface area contributed by atoms with E-state index in [9.17, 15) is 22.8 Å². The van der Waals surface area contributed by atoms with Gasteiger partial charge in [-0.1, -0.05) is 48.5 Å². The number of hydrogen-bond acceptors (Lipinski definition) is 6. The molecular weight excluding hydrogens is 495 g/mol. The van der Waals surface area contributed by atoms with Gasteiger partial charge in [0, 0.05) is 10.6 Å². The number of halogens is 3. The van der Waals surface area contributed by atoms with Gasteiger partial charge in [-0.05, 0) is 48.9 Å². The van der Waals surface area contributed by atoms with Crippen molar-refractivity contribution < 1.29 is 37.0 Å². The summed E-state index contributed by atoms with van der Waals surface area (Å²) in [6.45, 7) is 0.818. The third kappa shape index (κ3) is 7.17. The second kappa shape index (κ2) is 12.3. The van der Waals surface area contributed by atoms with Crippen molar-refractivity contribution in [3.05, 3.63) is 90.5 Å². The van der Waals surface area contributed by atoms with Gasteiger partial charge in [-0.2, -0.15) is 13.2 Å². The lowest BCUT2D eigenvalue weighted by Gasteiger charge is -2.33. The van der Waals surface area contributed by atoms with Crippen molar-refractivity contribution in [3.8, 4) is 11.5 Å². The summed E-state index contributed by atoms with van der Waals surface area (Å²) in [7, 11) is 0. The quantitative estimate of drug-likeness (QED) is 0.248. The lowest BCUT2D eigenvalue weighted by Crippen LogP contribution is -2.66. The minimum Gasteiger partial charge on any atom is -0.464 e. The number of hydrogen-bond donors (Lipinski definition) is 1. The molecule has 36 heavy (non-hydrogen) atoms. The number of benzene rings is 3. The summed E-state index contributed by atoms with van der Waals surface area (Å²) in [6, 6.07) is 23.7. The first kappa shape index (κ1) is 26.9. The van der Waals surface area contributed by atoms with Crippen molar-refractivity contribution >= 4 is 23.8 Å². The van der Waals surface area contributed by atoms with E-state index < -0.39 is 29.5 Å². The Labute approximate surface area is 210 Å². The average Bonchev–Trinajstić information content (AvgIpc) is 2.87. The molecule has 3 aromatic carbocycles. The first-order valence-corrected chi connectivity index (χ1v) is 11.9. The Kier molecular flexibility index (Phi) is 9.24. The lowest BCUT2D eigenvalue weighted by atomic mass is 10.0. The molecule has 6 nitrogen and oxygen atoms in total. The Morgan fingerprint density at radius 1 is 0.833 bits per heavy atom. The number of esters is 1. The van der Waals surface area contributed by atoms with Crippen molar-refractivity contribution in [2.45, 2.75) is 30.1 Å². The molecule has 1 unspecified atom stereocenters. The van der Waals surface area contributed by atoms with E-state index in [4.69, 9.17) is 14.2 Å². The average molecular weight is 520 g/mol. The highest BCUT2D eigenvalue weighted by molar-refractivity contribution is 7.99. The predicted octanol–water partition coefficient (Wildman–Crippen LogP) is 6.36. The van der Waals surface area contributed by atoms with Gasteiger partial charge in [0.15, 0.2) is 0 Å². The number of carbonyl (C=O) groups is 2. The molecule has 1 amide bonds. The Morgan fingerprint density at radius 2 is 1.42 bits per heavy atom. The summed E-state index contributed by atoms with van der Waals surface area (Å²) in [6.07, 6.45) is -6.55. The van der Waals surface area contributed by atoms with Crippen LogP contribution in [0.4, 0.5) is 18.0 Å². The number of alkyl halides is 3. The third-order valence-electron chi connectivity index (χ3n) is 4.89. The highest BCUT2D eigenvalue weighted by Gasteiger charge is 2.63. The molecule has 0 aliphatic heterocycles. The van der Waals surface area contributed by atoms with Gasteiger partial charge < -0.3 is 14.2 Å². The summed E-state index contributed by atoms with van der Waals surface area (Å²) in [4.78, 5) is 25.3. The summed E-state index contributed by atoms with van der Waals surface area (Å²) in [5, 5.41) is 1.73. The summed E-state index contributed by atoms with van der Waals surface area (Å²) < 4.78 is 58.2. The molecule has 0 aliphatic rings. The van der Waals surface area contributed by atoms with E-state index in [1.165, 1.54) is 6.92 Å². The monoisotopic (exact) mass is 519 g/mol. The predicted molar refractivity (Wildman–Crippen MR) is 129 cm³/mol. The van der Waals surface area contributed by atoms with Crippen molar-refractivity contribution in [3.63, 3.8) is 0 Å². The molecule has 3 rings (SSSR count). The van der Waals surface area contributed by atoms with E-state index in [0.29, 0.717) is 22.0 Å². The second-order valence-electron chi connectivity index (χ2n) is 7.49. The smallest absolute Gasteiger partial charge is 0.423 e. The van der Waals surface area contributed by atoms with Crippen molar-refractivity contribution in [2.75, 3.05) is 12.4 Å². The molecule has 1 N–H and O–H groups in total. The minimum atomic E-state index is -5.16. The zero-order valence-electron chi connectivity index (χ0n) is 19.3. The van der Waals surface area contributed by atoms with Crippen LogP contribution in [-0.2, 0) is 20.9 Å². The van der Waals surface area contributed by atoms with E-state index in [0.717, 1.165) is 11.8 Å². The molecule has 0 saturated carbocycles. The van der Waals surface area contributed by atoms with Crippen LogP contribution in [-0.4, -0.2) is 36.1 Å². The Hall–Kier alpha value is -3.66. The molecule has 0 bridgehead atoms. The summed E-state index contributed by atoms with van der Waals surface area (Å²) in [5.41, 5.74) is -2.74. The minimum absolute atomic E-state index is 0.264. The fourth-order valence-electron chi connectivity index (χ4n) is 3.02. The van der Waals surface area contributed by atoms with Gasteiger partial charge in [0.2, 0.25) is 5.54 Å². The summed E-state index contributed by atoms with van der Waals surface area (Å²) in [5.74, 6) is -1.39. The molecule has 1 atom stereocenters. The molecule has 0 spiro atoms. The maximum Gasteiger partial charge on any atom is 0.423 e. The van der Waals surface area contributed by atoms with E-state index in [1.807, 2.05) is 18.2 Å². The lowest BCUT2D eigenvalue weighted by molar-refractivity contribution is -0.206. The first-order valence-electron chi connectivity index (χ1n) is 10.9. The SMILES string of the molecule is CCOC(=O)C(CSc1ccc(Oc2ccccc2)cc1)(NC(=O)OCc1ccccc1)C(F)(F)F. The Balaban J connectivity index is 1.74. The number of para-hydroxylation sites is 1. The second-order valence-corrected chi connectivity index (χ2v) is 8.53. The van der Waals surface area contributed by atoms with Crippen molar-refractivity contribution in [1.82, 2.24) is 5.32 Å². The van der Waals surface area contributed by atoms with Gasteiger partial charge in [-0.3, -0.25) is 5.32 Å². The normalized spacial score (nSPS) is 12.8. The van der Waals surface area contributed by atoms with E-state index in [-0.39, 0.29) is 13.2 Å². The Bertz CT molecular complexity index is 1130. The number of thioether (sulfide) groups is 1. The van der Waals surface area contributed by atoms with Gasteiger partial charge >= 0.3 is 18.2 Å². The fourth-order valence-corrected chi connectivity index (χ4v) is 4.09. The van der Waals surface area contributed by atoms with Gasteiger partial charge in [0.05, 0.1) is 6.61 Å². The van der Waals surface area contributed by atoms with Crippen LogP contribution in [0.5, 0.6) is 11.5 Å². The zero-order valence-corrected chi connectivity index (χ0v) is 20.1. The number of nitrogens with one attached hydrogen (secondary N) is 1. The highest BCUT2D eigenvalue weighted by Crippen LogP contribution is 2.37. The zero-order chi connectivity index (χ0) is 26.0. The standard InChI is InChI=1S/C26H24F3NO5S/c1-2-33-23(31)25(26(27,28)29,30-24(32)34-17-19-9-5-3-6-10-19)18-36-22-15-13-21(14-16-22)35-20-11-7-4-8-12-20/h3-16H,2,17-18H2,1H3,(H,30,32). The molecule has 190 valence electrons. The number of alkyl carbamates (subject to hydrolysis) is 1. The van der Waals surface area contributed by atoms with Crippen LogP contribution in [0.25, 0.3) is 0 Å². The van der Waals surface area contributed by atoms with Crippen LogP contribution < -0.4 is 10.1 Å². The highest BCUT2D eigenvalue weighted by atomic mass is 32.2. The van der Waals surface area contributed by atoms with Crippen LogP contribution in [0.1, 0.15) is 12.5 Å². The van der Waals surface area contributed by atoms with Gasteiger partial charge in [0.25, 0.3) is 0 Å². The van der Waals surface area contributed by atoms with Crippen LogP contribution in [0.2, 0.25) is 0 Å².